The molecule has 0 atom stereocenters. The van der Waals surface area contributed by atoms with Gasteiger partial charge in [0.15, 0.2) is 0 Å². The number of benzene rings is 1. The number of halogens is 2. The molecule has 0 unspecified atom stereocenters. The number of nitrogen functional groups attached to an aromatic ring is 1. The first-order valence-corrected chi connectivity index (χ1v) is 5.35. The summed E-state index contributed by atoms with van der Waals surface area (Å²) < 4.78 is 5.47. The molecule has 0 saturated carbocycles. The van der Waals surface area contributed by atoms with E-state index in [1.807, 2.05) is 0 Å². The van der Waals surface area contributed by atoms with E-state index in [1.165, 1.54) is 6.33 Å². The average Bonchev–Trinajstić information content (AvgIpc) is 2.28. The number of hydrogen-bond donors (Lipinski definition) is 2. The molecular formula is C10H8Cl2N4O. The summed E-state index contributed by atoms with van der Waals surface area (Å²) in [5.41, 5.74) is 2.39. The molecule has 0 saturated heterocycles. The lowest BCUT2D eigenvalue weighted by Gasteiger charge is -2.06. The molecule has 1 aromatic carbocycles. The summed E-state index contributed by atoms with van der Waals surface area (Å²) in [6.07, 6.45) is 1.33. The van der Waals surface area contributed by atoms with Gasteiger partial charge in [-0.05, 0) is 18.2 Å². The van der Waals surface area contributed by atoms with Gasteiger partial charge >= 0.3 is 0 Å². The van der Waals surface area contributed by atoms with Crippen LogP contribution >= 0.6 is 23.2 Å². The molecular weight excluding hydrogens is 263 g/mol. The van der Waals surface area contributed by atoms with Crippen LogP contribution in [0.15, 0.2) is 30.6 Å². The van der Waals surface area contributed by atoms with E-state index in [-0.39, 0.29) is 0 Å². The van der Waals surface area contributed by atoms with Gasteiger partial charge in [-0.1, -0.05) is 23.2 Å². The van der Waals surface area contributed by atoms with E-state index in [2.05, 4.69) is 15.4 Å². The van der Waals surface area contributed by atoms with Crippen LogP contribution in [0.2, 0.25) is 10.0 Å². The van der Waals surface area contributed by atoms with E-state index in [0.29, 0.717) is 27.5 Å². The number of ether oxygens (including phenoxy) is 1. The summed E-state index contributed by atoms with van der Waals surface area (Å²) in [6, 6.07) is 6.42. The number of aromatic nitrogens is 2. The molecule has 0 amide bonds. The Labute approximate surface area is 108 Å². The quantitative estimate of drug-likeness (QED) is 0.663. The standard InChI is InChI=1S/C10H8Cl2N4O/c11-6-1-7(12)3-8(2-6)17-10-4-9(16-13)14-5-15-10/h1-5H,13H2,(H,14,15,16). The molecule has 0 aliphatic rings. The summed E-state index contributed by atoms with van der Waals surface area (Å²) in [7, 11) is 0. The van der Waals surface area contributed by atoms with Crippen LogP contribution in [0.3, 0.4) is 0 Å². The van der Waals surface area contributed by atoms with Gasteiger partial charge in [-0.2, -0.15) is 0 Å². The highest BCUT2D eigenvalue weighted by Crippen LogP contribution is 2.27. The fourth-order valence-corrected chi connectivity index (χ4v) is 1.69. The first-order chi connectivity index (χ1) is 8.17. The molecule has 1 aromatic heterocycles. The molecule has 17 heavy (non-hydrogen) atoms. The van der Waals surface area contributed by atoms with Gasteiger partial charge in [0.05, 0.1) is 0 Å². The summed E-state index contributed by atoms with van der Waals surface area (Å²) in [5.74, 6) is 6.50. The lowest BCUT2D eigenvalue weighted by molar-refractivity contribution is 0.462. The number of nitrogens with zero attached hydrogens (tertiary/aromatic N) is 2. The first-order valence-electron chi connectivity index (χ1n) is 4.60. The number of hydrogen-bond acceptors (Lipinski definition) is 5. The van der Waals surface area contributed by atoms with Gasteiger partial charge in [-0.3, -0.25) is 0 Å². The van der Waals surface area contributed by atoms with E-state index in [0.717, 1.165) is 0 Å². The van der Waals surface area contributed by atoms with Gasteiger partial charge in [0, 0.05) is 16.1 Å². The Morgan fingerprint density at radius 1 is 1.06 bits per heavy atom. The van der Waals surface area contributed by atoms with Crippen molar-refractivity contribution in [3.63, 3.8) is 0 Å². The Morgan fingerprint density at radius 3 is 2.41 bits per heavy atom. The van der Waals surface area contributed by atoms with Gasteiger partial charge in [0.25, 0.3) is 0 Å². The van der Waals surface area contributed by atoms with E-state index in [1.54, 1.807) is 24.3 Å². The molecule has 0 spiro atoms. The highest BCUT2D eigenvalue weighted by atomic mass is 35.5. The summed E-state index contributed by atoms with van der Waals surface area (Å²) in [6.45, 7) is 0. The van der Waals surface area contributed by atoms with Crippen molar-refractivity contribution in [1.29, 1.82) is 0 Å². The van der Waals surface area contributed by atoms with Crippen LogP contribution in [0.5, 0.6) is 11.6 Å². The predicted octanol–water partition coefficient (Wildman–Crippen LogP) is 2.86. The minimum Gasteiger partial charge on any atom is -0.439 e. The molecule has 0 bridgehead atoms. The lowest BCUT2D eigenvalue weighted by Crippen LogP contribution is -2.08. The number of nitrogens with one attached hydrogen (secondary N) is 1. The molecule has 0 aliphatic heterocycles. The van der Waals surface area contributed by atoms with Crippen LogP contribution in [0.1, 0.15) is 0 Å². The van der Waals surface area contributed by atoms with Crippen molar-refractivity contribution in [2.45, 2.75) is 0 Å². The SMILES string of the molecule is NNc1cc(Oc2cc(Cl)cc(Cl)c2)ncn1. The van der Waals surface area contributed by atoms with Crippen LogP contribution in [0.4, 0.5) is 5.82 Å². The topological polar surface area (TPSA) is 73.1 Å². The first kappa shape index (κ1) is 11.9. The highest BCUT2D eigenvalue weighted by Gasteiger charge is 2.03. The van der Waals surface area contributed by atoms with Crippen molar-refractivity contribution in [3.05, 3.63) is 40.6 Å². The third kappa shape index (κ3) is 3.20. The van der Waals surface area contributed by atoms with Crippen LogP contribution in [-0.2, 0) is 0 Å². The minimum atomic E-state index is 0.339. The van der Waals surface area contributed by atoms with E-state index >= 15 is 0 Å². The van der Waals surface area contributed by atoms with Crippen LogP contribution in [-0.4, -0.2) is 9.97 Å². The molecule has 5 nitrogen and oxygen atoms in total. The van der Waals surface area contributed by atoms with Crippen molar-refractivity contribution in [1.82, 2.24) is 9.97 Å². The zero-order valence-electron chi connectivity index (χ0n) is 8.52. The number of nitrogens with two attached hydrogens (primary N) is 1. The van der Waals surface area contributed by atoms with E-state index in [9.17, 15) is 0 Å². The summed E-state index contributed by atoms with van der Waals surface area (Å²) >= 11 is 11.7. The average molecular weight is 271 g/mol. The molecule has 2 aromatic rings. The molecule has 1 heterocycles. The number of anilines is 1. The third-order valence-corrected chi connectivity index (χ3v) is 2.28. The normalized spacial score (nSPS) is 10.1. The summed E-state index contributed by atoms with van der Waals surface area (Å²) in [4.78, 5) is 7.78. The zero-order chi connectivity index (χ0) is 12.3. The molecule has 0 radical (unpaired) electrons. The van der Waals surface area contributed by atoms with Gasteiger partial charge in [0.2, 0.25) is 5.88 Å². The Balaban J connectivity index is 2.24. The molecule has 7 heteroatoms. The maximum absolute atomic E-state index is 5.85. The third-order valence-electron chi connectivity index (χ3n) is 1.85. The predicted molar refractivity (Wildman–Crippen MR) is 66.4 cm³/mol. The Kier molecular flexibility index (Phi) is 3.63. The molecule has 0 aliphatic carbocycles. The van der Waals surface area contributed by atoms with Gasteiger partial charge in [-0.15, -0.1) is 0 Å². The molecule has 0 fully saturated rings. The second-order valence-corrected chi connectivity index (χ2v) is 3.97. The van der Waals surface area contributed by atoms with Crippen LogP contribution in [0.25, 0.3) is 0 Å². The second kappa shape index (κ2) is 5.18. The van der Waals surface area contributed by atoms with Crippen molar-refractivity contribution in [2.24, 2.45) is 5.84 Å². The second-order valence-electron chi connectivity index (χ2n) is 3.09. The van der Waals surface area contributed by atoms with Crippen LogP contribution in [0, 0.1) is 0 Å². The van der Waals surface area contributed by atoms with E-state index < -0.39 is 0 Å². The maximum atomic E-state index is 5.85. The fraction of sp³-hybridized carbons (Fsp3) is 0. The Bertz CT molecular complexity index is 515. The minimum absolute atomic E-state index is 0.339. The van der Waals surface area contributed by atoms with Gasteiger partial charge < -0.3 is 10.2 Å². The zero-order valence-corrected chi connectivity index (χ0v) is 10.0. The monoisotopic (exact) mass is 270 g/mol. The Morgan fingerprint density at radius 2 is 1.76 bits per heavy atom. The van der Waals surface area contributed by atoms with Gasteiger partial charge in [-0.25, -0.2) is 15.8 Å². The highest BCUT2D eigenvalue weighted by molar-refractivity contribution is 6.34. The van der Waals surface area contributed by atoms with E-state index in [4.69, 9.17) is 33.8 Å². The smallest absolute Gasteiger partial charge is 0.224 e. The number of hydrazine groups is 1. The maximum Gasteiger partial charge on any atom is 0.224 e. The van der Waals surface area contributed by atoms with Crippen molar-refractivity contribution < 1.29 is 4.74 Å². The van der Waals surface area contributed by atoms with Crippen molar-refractivity contribution in [3.8, 4) is 11.6 Å². The molecule has 2 rings (SSSR count). The van der Waals surface area contributed by atoms with Crippen molar-refractivity contribution in [2.75, 3.05) is 5.43 Å². The largest absolute Gasteiger partial charge is 0.439 e. The summed E-state index contributed by atoms with van der Waals surface area (Å²) in [5, 5.41) is 0.970. The Hall–Kier alpha value is -1.56. The molecule has 3 N–H and O–H groups in total. The van der Waals surface area contributed by atoms with Gasteiger partial charge in [0.1, 0.15) is 17.9 Å². The van der Waals surface area contributed by atoms with Crippen molar-refractivity contribution >= 4 is 29.0 Å². The lowest BCUT2D eigenvalue weighted by atomic mass is 10.3. The molecule has 88 valence electrons. The van der Waals surface area contributed by atoms with Crippen LogP contribution < -0.4 is 16.0 Å². The number of rotatable bonds is 3. The fourth-order valence-electron chi connectivity index (χ4n) is 1.18.